The summed E-state index contributed by atoms with van der Waals surface area (Å²) in [5.74, 6) is -0.558. The normalized spacial score (nSPS) is 19.2. The first-order valence-electron chi connectivity index (χ1n) is 8.60. The number of morpholine rings is 1. The van der Waals surface area contributed by atoms with Crippen molar-refractivity contribution in [1.29, 1.82) is 0 Å². The highest BCUT2D eigenvalue weighted by molar-refractivity contribution is 6.36. The van der Waals surface area contributed by atoms with E-state index < -0.39 is 0 Å². The van der Waals surface area contributed by atoms with Crippen LogP contribution in [-0.2, 0) is 25.5 Å². The zero-order chi connectivity index (χ0) is 18.7. The number of amides is 3. The van der Waals surface area contributed by atoms with E-state index in [1.165, 1.54) is 4.90 Å². The van der Waals surface area contributed by atoms with Crippen LogP contribution in [0.1, 0.15) is 24.8 Å². The fourth-order valence-electron chi connectivity index (χ4n) is 3.45. The van der Waals surface area contributed by atoms with Gasteiger partial charge in [0, 0.05) is 35.6 Å². The molecule has 0 bridgehead atoms. The van der Waals surface area contributed by atoms with Gasteiger partial charge in [-0.3, -0.25) is 19.3 Å². The second-order valence-corrected chi connectivity index (χ2v) is 7.28. The Balaban J connectivity index is 1.52. The zero-order valence-corrected chi connectivity index (χ0v) is 15.8. The van der Waals surface area contributed by atoms with Crippen molar-refractivity contribution in [2.45, 2.75) is 31.7 Å². The van der Waals surface area contributed by atoms with Gasteiger partial charge in [0.25, 0.3) is 11.8 Å². The molecule has 140 valence electrons. The van der Waals surface area contributed by atoms with Gasteiger partial charge in [-0.2, -0.15) is 0 Å². The molecule has 0 radical (unpaired) electrons. The highest BCUT2D eigenvalue weighted by atomic mass is 35.5. The van der Waals surface area contributed by atoms with Crippen molar-refractivity contribution in [3.63, 3.8) is 0 Å². The zero-order valence-electron chi connectivity index (χ0n) is 14.2. The number of rotatable bonds is 4. The number of nitrogens with zero attached hydrogens (tertiary/aromatic N) is 2. The van der Waals surface area contributed by atoms with Gasteiger partial charge in [0.05, 0.1) is 0 Å². The SMILES string of the molecule is O=C(CCc1c(Cl)cccc1Cl)N1CCC(N2C(=O)COCC2=O)CC1. The Morgan fingerprint density at radius 1 is 1.08 bits per heavy atom. The van der Waals surface area contributed by atoms with Crippen LogP contribution in [0.25, 0.3) is 0 Å². The maximum Gasteiger partial charge on any atom is 0.255 e. The number of imide groups is 1. The lowest BCUT2D eigenvalue weighted by Gasteiger charge is -2.38. The van der Waals surface area contributed by atoms with E-state index in [0.717, 1.165) is 5.56 Å². The van der Waals surface area contributed by atoms with E-state index in [-0.39, 0.29) is 37.0 Å². The molecular weight excluding hydrogens is 379 g/mol. The summed E-state index contributed by atoms with van der Waals surface area (Å²) in [6.07, 6.45) is 1.99. The average Bonchev–Trinajstić information content (AvgIpc) is 2.61. The van der Waals surface area contributed by atoms with Crippen LogP contribution in [0.15, 0.2) is 18.2 Å². The molecule has 6 nitrogen and oxygen atoms in total. The summed E-state index contributed by atoms with van der Waals surface area (Å²) in [5, 5.41) is 1.13. The molecule has 2 fully saturated rings. The monoisotopic (exact) mass is 398 g/mol. The summed E-state index contributed by atoms with van der Waals surface area (Å²) >= 11 is 12.3. The van der Waals surface area contributed by atoms with Gasteiger partial charge in [0.1, 0.15) is 13.2 Å². The van der Waals surface area contributed by atoms with Crippen LogP contribution in [0.4, 0.5) is 0 Å². The third-order valence-corrected chi connectivity index (χ3v) is 5.53. The number of piperidine rings is 1. The molecule has 8 heteroatoms. The summed E-state index contributed by atoms with van der Waals surface area (Å²) < 4.78 is 4.94. The Morgan fingerprint density at radius 3 is 2.23 bits per heavy atom. The largest absolute Gasteiger partial charge is 0.362 e. The van der Waals surface area contributed by atoms with E-state index >= 15 is 0 Å². The molecule has 1 aromatic carbocycles. The molecule has 0 spiro atoms. The Morgan fingerprint density at radius 2 is 1.65 bits per heavy atom. The van der Waals surface area contributed by atoms with Crippen LogP contribution in [0.2, 0.25) is 10.0 Å². The second kappa shape index (κ2) is 8.37. The van der Waals surface area contributed by atoms with E-state index in [4.69, 9.17) is 27.9 Å². The lowest BCUT2D eigenvalue weighted by molar-refractivity contribution is -0.162. The molecule has 26 heavy (non-hydrogen) atoms. The van der Waals surface area contributed by atoms with Crippen LogP contribution >= 0.6 is 23.2 Å². The minimum Gasteiger partial charge on any atom is -0.362 e. The first kappa shape index (κ1) is 19.1. The Kier molecular flexibility index (Phi) is 6.16. The fraction of sp³-hybridized carbons (Fsp3) is 0.500. The second-order valence-electron chi connectivity index (χ2n) is 6.46. The highest BCUT2D eigenvalue weighted by Gasteiger charge is 2.35. The van der Waals surface area contributed by atoms with Crippen LogP contribution in [0, 0.1) is 0 Å². The fourth-order valence-corrected chi connectivity index (χ4v) is 4.03. The number of carbonyl (C=O) groups excluding carboxylic acids is 3. The smallest absolute Gasteiger partial charge is 0.255 e. The van der Waals surface area contributed by atoms with Crippen molar-refractivity contribution in [2.24, 2.45) is 0 Å². The number of likely N-dealkylation sites (tertiary alicyclic amines) is 1. The summed E-state index contributed by atoms with van der Waals surface area (Å²) in [4.78, 5) is 39.4. The lowest BCUT2D eigenvalue weighted by atomic mass is 10.0. The topological polar surface area (TPSA) is 66.9 Å². The van der Waals surface area contributed by atoms with Crippen LogP contribution < -0.4 is 0 Å². The number of carbonyl (C=O) groups is 3. The van der Waals surface area contributed by atoms with E-state index in [1.807, 2.05) is 0 Å². The quantitative estimate of drug-likeness (QED) is 0.729. The number of ether oxygens (including phenoxy) is 1. The highest BCUT2D eigenvalue weighted by Crippen LogP contribution is 2.26. The lowest BCUT2D eigenvalue weighted by Crippen LogP contribution is -2.55. The maximum atomic E-state index is 12.5. The van der Waals surface area contributed by atoms with E-state index in [1.54, 1.807) is 23.1 Å². The molecule has 0 aliphatic carbocycles. The van der Waals surface area contributed by atoms with Gasteiger partial charge in [0.15, 0.2) is 0 Å². The maximum absolute atomic E-state index is 12.5. The van der Waals surface area contributed by atoms with Crippen LogP contribution in [0.3, 0.4) is 0 Å². The van der Waals surface area contributed by atoms with Crippen molar-refractivity contribution in [1.82, 2.24) is 9.80 Å². The number of halogens is 2. The Bertz CT molecular complexity index is 681. The predicted molar refractivity (Wildman–Crippen MR) is 97.1 cm³/mol. The van der Waals surface area contributed by atoms with Gasteiger partial charge in [-0.25, -0.2) is 0 Å². The molecule has 3 rings (SSSR count). The van der Waals surface area contributed by atoms with Crippen molar-refractivity contribution >= 4 is 40.9 Å². The molecule has 0 saturated carbocycles. The molecule has 2 heterocycles. The van der Waals surface area contributed by atoms with Gasteiger partial charge >= 0.3 is 0 Å². The van der Waals surface area contributed by atoms with E-state index in [0.29, 0.717) is 48.8 Å². The van der Waals surface area contributed by atoms with Gasteiger partial charge in [-0.05, 0) is 37.0 Å². The van der Waals surface area contributed by atoms with E-state index in [9.17, 15) is 14.4 Å². The summed E-state index contributed by atoms with van der Waals surface area (Å²) in [5.41, 5.74) is 0.781. The molecule has 2 saturated heterocycles. The number of hydrogen-bond acceptors (Lipinski definition) is 4. The van der Waals surface area contributed by atoms with Crippen molar-refractivity contribution in [3.8, 4) is 0 Å². The number of hydrogen-bond donors (Lipinski definition) is 0. The van der Waals surface area contributed by atoms with Gasteiger partial charge in [0.2, 0.25) is 5.91 Å². The minimum atomic E-state index is -0.292. The third kappa shape index (κ3) is 4.19. The third-order valence-electron chi connectivity index (χ3n) is 4.82. The molecular formula is C18H20Cl2N2O4. The van der Waals surface area contributed by atoms with Crippen molar-refractivity contribution < 1.29 is 19.1 Å². The first-order chi connectivity index (χ1) is 12.5. The van der Waals surface area contributed by atoms with Crippen molar-refractivity contribution in [3.05, 3.63) is 33.8 Å². The summed E-state index contributed by atoms with van der Waals surface area (Å²) in [7, 11) is 0. The molecule has 2 aliphatic rings. The minimum absolute atomic E-state index is 0.0269. The molecule has 2 aliphatic heterocycles. The standard InChI is InChI=1S/C18H20Cl2N2O4/c19-14-2-1-3-15(20)13(14)4-5-16(23)21-8-6-12(7-9-21)22-17(24)10-26-11-18(22)25/h1-3,12H,4-11H2. The molecule has 1 aromatic rings. The molecule has 0 N–H and O–H groups in total. The van der Waals surface area contributed by atoms with Crippen molar-refractivity contribution in [2.75, 3.05) is 26.3 Å². The summed E-state index contributed by atoms with van der Waals surface area (Å²) in [6, 6.07) is 5.14. The predicted octanol–water partition coefficient (Wildman–Crippen LogP) is 2.30. The van der Waals surface area contributed by atoms with Gasteiger partial charge < -0.3 is 9.64 Å². The van der Waals surface area contributed by atoms with Crippen LogP contribution in [0.5, 0.6) is 0 Å². The Hall–Kier alpha value is -1.63. The molecule has 3 amide bonds. The molecule has 0 unspecified atom stereocenters. The summed E-state index contributed by atoms with van der Waals surface area (Å²) in [6.45, 7) is 0.947. The average molecular weight is 399 g/mol. The van der Waals surface area contributed by atoms with Gasteiger partial charge in [-0.15, -0.1) is 0 Å². The van der Waals surface area contributed by atoms with E-state index in [2.05, 4.69) is 0 Å². The Labute approximate surface area is 162 Å². The first-order valence-corrected chi connectivity index (χ1v) is 9.36. The molecule has 0 atom stereocenters. The molecule has 0 aromatic heterocycles. The number of benzene rings is 1. The van der Waals surface area contributed by atoms with Gasteiger partial charge in [-0.1, -0.05) is 29.3 Å². The van der Waals surface area contributed by atoms with Crippen LogP contribution in [-0.4, -0.2) is 59.9 Å².